The van der Waals surface area contributed by atoms with Gasteiger partial charge < -0.3 is 15.0 Å². The van der Waals surface area contributed by atoms with Crippen molar-refractivity contribution in [2.24, 2.45) is 5.92 Å². The number of likely N-dealkylation sites (tertiary alicyclic amines) is 1. The summed E-state index contributed by atoms with van der Waals surface area (Å²) in [5.41, 5.74) is 5.42. The van der Waals surface area contributed by atoms with Crippen molar-refractivity contribution in [3.8, 4) is 0 Å². The van der Waals surface area contributed by atoms with Gasteiger partial charge in [0.2, 0.25) is 0 Å². The van der Waals surface area contributed by atoms with Crippen molar-refractivity contribution in [2.75, 3.05) is 6.54 Å². The highest BCUT2D eigenvalue weighted by Crippen LogP contribution is 2.66. The molecule has 29 heavy (non-hydrogen) atoms. The lowest BCUT2D eigenvalue weighted by Gasteiger charge is -2.38. The van der Waals surface area contributed by atoms with Gasteiger partial charge in [0, 0.05) is 23.6 Å². The number of hydrogen-bond acceptors (Lipinski definition) is 3. The van der Waals surface area contributed by atoms with Gasteiger partial charge in [0.1, 0.15) is 0 Å². The summed E-state index contributed by atoms with van der Waals surface area (Å²) in [6.07, 6.45) is 4.79. The van der Waals surface area contributed by atoms with Crippen molar-refractivity contribution < 1.29 is 9.90 Å². The zero-order valence-corrected chi connectivity index (χ0v) is 16.8. The van der Waals surface area contributed by atoms with Crippen LogP contribution in [0.25, 0.3) is 11.0 Å². The van der Waals surface area contributed by atoms with Crippen LogP contribution in [0.5, 0.6) is 0 Å². The van der Waals surface area contributed by atoms with Crippen molar-refractivity contribution in [3.05, 3.63) is 65.0 Å². The number of H-pyrrole nitrogens is 1. The first-order valence-electron chi connectivity index (χ1n) is 10.5. The third-order valence-corrected chi connectivity index (χ3v) is 7.50. The number of rotatable bonds is 2. The number of aromatic nitrogens is 2. The summed E-state index contributed by atoms with van der Waals surface area (Å²) in [4.78, 5) is 23.0. The van der Waals surface area contributed by atoms with Crippen LogP contribution < -0.4 is 0 Å². The van der Waals surface area contributed by atoms with E-state index in [4.69, 9.17) is 0 Å². The Balaban J connectivity index is 1.38. The van der Waals surface area contributed by atoms with E-state index in [-0.39, 0.29) is 17.4 Å². The highest BCUT2D eigenvalue weighted by atomic mass is 16.3. The van der Waals surface area contributed by atoms with Gasteiger partial charge in [-0.25, -0.2) is 4.98 Å². The van der Waals surface area contributed by atoms with Crippen LogP contribution in [0, 0.1) is 5.92 Å². The number of piperidine rings is 1. The minimum atomic E-state index is -0.849. The Morgan fingerprint density at radius 2 is 2.14 bits per heavy atom. The number of nitrogens with zero attached hydrogens (tertiary/aromatic N) is 2. The number of aliphatic hydroxyl groups is 1. The molecule has 1 aliphatic heterocycles. The molecule has 3 atom stereocenters. The van der Waals surface area contributed by atoms with Gasteiger partial charge in [-0.15, -0.1) is 0 Å². The van der Waals surface area contributed by atoms with E-state index in [2.05, 4.69) is 27.0 Å². The summed E-state index contributed by atoms with van der Waals surface area (Å²) in [5, 5.41) is 10.5. The summed E-state index contributed by atoms with van der Waals surface area (Å²) in [5.74, 6) is 0.775. The lowest BCUT2D eigenvalue weighted by atomic mass is 9.84. The molecule has 0 radical (unpaired) electrons. The molecule has 1 unspecified atom stereocenters. The maximum absolute atomic E-state index is 13.5. The molecule has 1 saturated carbocycles. The van der Waals surface area contributed by atoms with E-state index in [0.29, 0.717) is 5.92 Å². The Bertz CT molecular complexity index is 1160. The average Bonchev–Trinajstić information content (AvgIpc) is 3.10. The van der Waals surface area contributed by atoms with Crippen molar-refractivity contribution in [1.29, 1.82) is 0 Å². The van der Waals surface area contributed by atoms with Gasteiger partial charge in [-0.05, 0) is 73.9 Å². The number of hydrogen-bond donors (Lipinski definition) is 2. The molecular formula is C24H25N3O2. The van der Waals surface area contributed by atoms with E-state index in [1.807, 2.05) is 38.1 Å². The third kappa shape index (κ3) is 2.31. The van der Waals surface area contributed by atoms with E-state index in [1.165, 1.54) is 11.1 Å². The molecule has 2 N–H and O–H groups in total. The van der Waals surface area contributed by atoms with Crippen LogP contribution in [-0.2, 0) is 17.4 Å². The highest BCUT2D eigenvalue weighted by Gasteiger charge is 2.67. The monoisotopic (exact) mass is 387 g/mol. The minimum Gasteiger partial charge on any atom is -0.386 e. The zero-order valence-electron chi connectivity index (χ0n) is 16.8. The molecule has 1 aromatic heterocycles. The van der Waals surface area contributed by atoms with Gasteiger partial charge in [0.05, 0.1) is 23.0 Å². The molecule has 2 aromatic carbocycles. The van der Waals surface area contributed by atoms with Crippen molar-refractivity contribution >= 4 is 16.9 Å². The molecule has 1 spiro atoms. The molecule has 6 rings (SSSR count). The minimum absolute atomic E-state index is 0.0859. The molecule has 3 aromatic rings. The fourth-order valence-corrected chi connectivity index (χ4v) is 5.90. The Hall–Kier alpha value is -2.66. The fourth-order valence-electron chi connectivity index (χ4n) is 5.90. The summed E-state index contributed by atoms with van der Waals surface area (Å²) >= 11 is 0. The van der Waals surface area contributed by atoms with Crippen LogP contribution >= 0.6 is 0 Å². The van der Waals surface area contributed by atoms with Crippen LogP contribution in [0.3, 0.4) is 0 Å². The second kappa shape index (κ2) is 5.48. The van der Waals surface area contributed by atoms with Gasteiger partial charge in [-0.3, -0.25) is 4.79 Å². The molecule has 1 saturated heterocycles. The number of carbonyl (C=O) groups excluding carboxylic acids is 1. The molecular weight excluding hydrogens is 362 g/mol. The number of aromatic amines is 1. The predicted octanol–water partition coefficient (Wildman–Crippen LogP) is 3.52. The summed E-state index contributed by atoms with van der Waals surface area (Å²) in [7, 11) is 0. The summed E-state index contributed by atoms with van der Waals surface area (Å²) < 4.78 is 0. The standard InChI is InChI=1S/C24H25N3O2/c1-23(2,29)16-5-3-14-10-21-24(18(14)11-16)12-17(24)7-8-27(21)22(28)15-4-6-19-20(9-15)26-13-25-19/h3-6,9,11,13,17,21,29H,7-8,10,12H2,1-2H3,(H,25,26)/t17-,21+,24?/m1/s1. The Labute approximate surface area is 169 Å². The van der Waals surface area contributed by atoms with Crippen molar-refractivity contribution in [3.63, 3.8) is 0 Å². The first-order valence-corrected chi connectivity index (χ1v) is 10.5. The Morgan fingerprint density at radius 1 is 1.28 bits per heavy atom. The van der Waals surface area contributed by atoms with E-state index in [9.17, 15) is 9.90 Å². The molecule has 148 valence electrons. The van der Waals surface area contributed by atoms with E-state index in [1.54, 1.807) is 6.33 Å². The largest absolute Gasteiger partial charge is 0.386 e. The second-order valence-electron chi connectivity index (χ2n) is 9.51. The molecule has 5 nitrogen and oxygen atoms in total. The van der Waals surface area contributed by atoms with Crippen LogP contribution in [0.15, 0.2) is 42.7 Å². The predicted molar refractivity (Wildman–Crippen MR) is 111 cm³/mol. The van der Waals surface area contributed by atoms with Gasteiger partial charge in [0.25, 0.3) is 5.91 Å². The summed E-state index contributed by atoms with van der Waals surface area (Å²) in [6, 6.07) is 12.4. The lowest BCUT2D eigenvalue weighted by Crippen LogP contribution is -2.49. The number of benzene rings is 2. The normalized spacial score (nSPS) is 27.5. The third-order valence-electron chi connectivity index (χ3n) is 7.50. The van der Waals surface area contributed by atoms with Crippen LogP contribution in [0.1, 0.15) is 53.7 Å². The molecule has 3 aliphatic rings. The van der Waals surface area contributed by atoms with Crippen molar-refractivity contribution in [1.82, 2.24) is 14.9 Å². The average molecular weight is 387 g/mol. The zero-order chi connectivity index (χ0) is 20.0. The van der Waals surface area contributed by atoms with Gasteiger partial charge >= 0.3 is 0 Å². The molecule has 5 heteroatoms. The van der Waals surface area contributed by atoms with Gasteiger partial charge in [0.15, 0.2) is 0 Å². The molecule has 2 heterocycles. The van der Waals surface area contributed by atoms with Crippen molar-refractivity contribution in [2.45, 2.75) is 50.2 Å². The highest BCUT2D eigenvalue weighted by molar-refractivity contribution is 5.98. The number of imidazole rings is 1. The fraction of sp³-hybridized carbons (Fsp3) is 0.417. The van der Waals surface area contributed by atoms with Crippen LogP contribution in [0.4, 0.5) is 0 Å². The number of fused-ring (bicyclic) bond motifs is 2. The SMILES string of the molecule is CC(C)(O)c1ccc2c(c1)C13C[C@H]1CCN(C(=O)c1ccc4nc[nH]c4c1)[C@H]3C2. The van der Waals surface area contributed by atoms with Gasteiger partial charge in [-0.2, -0.15) is 0 Å². The summed E-state index contributed by atoms with van der Waals surface area (Å²) in [6.45, 7) is 4.50. The van der Waals surface area contributed by atoms with E-state index < -0.39 is 5.60 Å². The first-order chi connectivity index (χ1) is 13.9. The lowest BCUT2D eigenvalue weighted by molar-refractivity contribution is 0.0579. The molecule has 0 bridgehead atoms. The van der Waals surface area contributed by atoms with Crippen LogP contribution in [-0.4, -0.2) is 38.5 Å². The van der Waals surface area contributed by atoms with Crippen LogP contribution in [0.2, 0.25) is 0 Å². The number of nitrogens with one attached hydrogen (secondary N) is 1. The Kier molecular flexibility index (Phi) is 3.25. The van der Waals surface area contributed by atoms with E-state index in [0.717, 1.165) is 48.0 Å². The molecule has 2 aliphatic carbocycles. The maximum Gasteiger partial charge on any atom is 0.254 e. The molecule has 1 amide bonds. The van der Waals surface area contributed by atoms with E-state index >= 15 is 0 Å². The topological polar surface area (TPSA) is 69.2 Å². The quantitative estimate of drug-likeness (QED) is 0.707. The maximum atomic E-state index is 13.5. The number of carbonyl (C=O) groups is 1. The first kappa shape index (κ1) is 17.2. The smallest absolute Gasteiger partial charge is 0.254 e. The second-order valence-corrected chi connectivity index (χ2v) is 9.51. The number of amides is 1. The van der Waals surface area contributed by atoms with Gasteiger partial charge in [-0.1, -0.05) is 18.2 Å². The molecule has 2 fully saturated rings. The Morgan fingerprint density at radius 3 is 2.97 bits per heavy atom.